The van der Waals surface area contributed by atoms with Crippen molar-refractivity contribution in [3.05, 3.63) is 29.8 Å². The topological polar surface area (TPSA) is 80.7 Å². The number of aliphatic hydroxyl groups is 1. The van der Waals surface area contributed by atoms with Crippen LogP contribution in [-0.4, -0.2) is 35.2 Å². The Morgan fingerprint density at radius 2 is 1.74 bits per heavy atom. The van der Waals surface area contributed by atoms with Gasteiger partial charge in [0.2, 0.25) is 0 Å². The predicted molar refractivity (Wildman–Crippen MR) is 84.3 cm³/mol. The summed E-state index contributed by atoms with van der Waals surface area (Å²) in [6, 6.07) is 6.92. The molecular formula is C18H22O5. The normalized spacial score (nSPS) is 30.8. The number of methoxy groups -OCH3 is 1. The summed E-state index contributed by atoms with van der Waals surface area (Å²) < 4.78 is 5.12. The van der Waals surface area contributed by atoms with Crippen molar-refractivity contribution < 1.29 is 24.2 Å². The number of benzene rings is 1. The quantitative estimate of drug-likeness (QED) is 0.858. The maximum atomic E-state index is 12.4. The van der Waals surface area contributed by atoms with Crippen LogP contribution in [0.15, 0.2) is 24.3 Å². The highest BCUT2D eigenvalue weighted by Gasteiger charge is 2.53. The first kappa shape index (κ1) is 17.3. The van der Waals surface area contributed by atoms with Gasteiger partial charge in [0, 0.05) is 12.3 Å². The number of hydrogen-bond donors (Lipinski definition) is 1. The maximum Gasteiger partial charge on any atom is 0.146 e. The van der Waals surface area contributed by atoms with Gasteiger partial charge in [-0.25, -0.2) is 0 Å². The summed E-state index contributed by atoms with van der Waals surface area (Å²) in [6.45, 7) is 4.24. The zero-order valence-electron chi connectivity index (χ0n) is 13.8. The molecule has 0 aromatic heterocycles. The summed E-state index contributed by atoms with van der Waals surface area (Å²) >= 11 is 0. The van der Waals surface area contributed by atoms with Crippen LogP contribution in [0.5, 0.6) is 5.75 Å². The third-order valence-electron chi connectivity index (χ3n) is 4.64. The monoisotopic (exact) mass is 318 g/mol. The minimum atomic E-state index is -1.46. The smallest absolute Gasteiger partial charge is 0.146 e. The molecule has 1 fully saturated rings. The molecule has 0 aliphatic heterocycles. The third kappa shape index (κ3) is 3.20. The molecule has 5 heteroatoms. The standard InChI is InChI=1S/C18H22O5/c1-10(19)15-14(21)9-18(3,22)17(11(2)20)16(15)12-5-7-13(23-4)8-6-12/h5-8,15-17,22H,9H2,1-4H3/t15-,16-,17+,18+/m1/s1. The number of Topliss-reactive ketones (excluding diaryl/α,β-unsaturated/α-hetero) is 3. The van der Waals surface area contributed by atoms with E-state index in [0.717, 1.165) is 0 Å². The van der Waals surface area contributed by atoms with Crippen LogP contribution in [0.4, 0.5) is 0 Å². The first-order valence-electron chi connectivity index (χ1n) is 7.59. The van der Waals surface area contributed by atoms with Gasteiger partial charge in [-0.15, -0.1) is 0 Å². The van der Waals surface area contributed by atoms with Gasteiger partial charge in [0.25, 0.3) is 0 Å². The van der Waals surface area contributed by atoms with Gasteiger partial charge >= 0.3 is 0 Å². The third-order valence-corrected chi connectivity index (χ3v) is 4.64. The van der Waals surface area contributed by atoms with E-state index in [1.807, 2.05) is 0 Å². The first-order chi connectivity index (χ1) is 10.7. The molecule has 5 nitrogen and oxygen atoms in total. The van der Waals surface area contributed by atoms with Gasteiger partial charge in [0.1, 0.15) is 23.1 Å². The minimum Gasteiger partial charge on any atom is -0.497 e. The fourth-order valence-electron chi connectivity index (χ4n) is 3.73. The van der Waals surface area contributed by atoms with Gasteiger partial charge < -0.3 is 9.84 Å². The second-order valence-electron chi connectivity index (χ2n) is 6.48. The molecule has 124 valence electrons. The molecule has 4 atom stereocenters. The van der Waals surface area contributed by atoms with E-state index in [9.17, 15) is 19.5 Å². The minimum absolute atomic E-state index is 0.186. The molecule has 1 aliphatic rings. The Labute approximate surface area is 135 Å². The lowest BCUT2D eigenvalue weighted by Gasteiger charge is -2.44. The lowest BCUT2D eigenvalue weighted by atomic mass is 9.60. The molecule has 0 spiro atoms. The van der Waals surface area contributed by atoms with Gasteiger partial charge in [-0.1, -0.05) is 12.1 Å². The van der Waals surface area contributed by atoms with E-state index in [1.165, 1.54) is 20.8 Å². The fourth-order valence-corrected chi connectivity index (χ4v) is 3.73. The fraction of sp³-hybridized carbons (Fsp3) is 0.500. The van der Waals surface area contributed by atoms with Crippen molar-refractivity contribution in [3.63, 3.8) is 0 Å². The molecule has 23 heavy (non-hydrogen) atoms. The Balaban J connectivity index is 2.58. The molecule has 1 saturated carbocycles. The zero-order chi connectivity index (χ0) is 17.4. The lowest BCUT2D eigenvalue weighted by molar-refractivity contribution is -0.151. The van der Waals surface area contributed by atoms with Crippen molar-refractivity contribution in [2.24, 2.45) is 11.8 Å². The first-order valence-corrected chi connectivity index (χ1v) is 7.59. The van der Waals surface area contributed by atoms with E-state index in [1.54, 1.807) is 31.4 Å². The Kier molecular flexibility index (Phi) is 4.71. The van der Waals surface area contributed by atoms with Gasteiger partial charge in [-0.3, -0.25) is 14.4 Å². The van der Waals surface area contributed by atoms with Crippen LogP contribution in [0, 0.1) is 11.8 Å². The van der Waals surface area contributed by atoms with Crippen molar-refractivity contribution >= 4 is 17.3 Å². The maximum absolute atomic E-state index is 12.4. The van der Waals surface area contributed by atoms with Crippen LogP contribution < -0.4 is 4.74 Å². The van der Waals surface area contributed by atoms with Crippen LogP contribution in [0.1, 0.15) is 38.7 Å². The summed E-state index contributed by atoms with van der Waals surface area (Å²) in [7, 11) is 1.54. The van der Waals surface area contributed by atoms with Crippen molar-refractivity contribution in [1.29, 1.82) is 0 Å². The average molecular weight is 318 g/mol. The number of carbonyl (C=O) groups excluding carboxylic acids is 3. The molecule has 0 radical (unpaired) electrons. The Hall–Kier alpha value is -2.01. The van der Waals surface area contributed by atoms with Crippen molar-refractivity contribution in [3.8, 4) is 5.75 Å². The molecule has 0 saturated heterocycles. The number of ether oxygens (including phenoxy) is 1. The van der Waals surface area contributed by atoms with Crippen LogP contribution in [-0.2, 0) is 14.4 Å². The Morgan fingerprint density at radius 3 is 2.17 bits per heavy atom. The number of hydrogen-bond acceptors (Lipinski definition) is 5. The SMILES string of the molecule is COc1ccc([C@@H]2[C@H](C(C)=O)C(=O)C[C@](C)(O)[C@H]2C(C)=O)cc1. The molecule has 0 amide bonds. The molecule has 0 heterocycles. The Bertz CT molecular complexity index is 629. The molecule has 0 bridgehead atoms. The van der Waals surface area contributed by atoms with Crippen molar-refractivity contribution in [2.45, 2.75) is 38.7 Å². The van der Waals surface area contributed by atoms with Gasteiger partial charge in [0.15, 0.2) is 0 Å². The van der Waals surface area contributed by atoms with E-state index in [-0.39, 0.29) is 23.8 Å². The van der Waals surface area contributed by atoms with Gasteiger partial charge in [-0.2, -0.15) is 0 Å². The summed E-state index contributed by atoms with van der Waals surface area (Å²) in [6.07, 6.45) is -0.186. The second-order valence-corrected chi connectivity index (χ2v) is 6.48. The Morgan fingerprint density at radius 1 is 1.17 bits per heavy atom. The zero-order valence-corrected chi connectivity index (χ0v) is 13.8. The second kappa shape index (κ2) is 6.24. The molecule has 1 N–H and O–H groups in total. The molecule has 2 rings (SSSR count). The number of ketones is 3. The van der Waals surface area contributed by atoms with E-state index in [2.05, 4.69) is 0 Å². The predicted octanol–water partition coefficient (Wildman–Crippen LogP) is 1.91. The molecule has 1 aromatic rings. The van der Waals surface area contributed by atoms with Crippen LogP contribution in [0.2, 0.25) is 0 Å². The summed E-state index contributed by atoms with van der Waals surface area (Å²) in [5.41, 5.74) is -0.779. The highest BCUT2D eigenvalue weighted by Crippen LogP contribution is 2.46. The van der Waals surface area contributed by atoms with E-state index in [4.69, 9.17) is 4.74 Å². The molecule has 0 unspecified atom stereocenters. The van der Waals surface area contributed by atoms with Crippen LogP contribution in [0.3, 0.4) is 0 Å². The van der Waals surface area contributed by atoms with Gasteiger partial charge in [0.05, 0.1) is 24.5 Å². The highest BCUT2D eigenvalue weighted by atomic mass is 16.5. The van der Waals surface area contributed by atoms with Crippen molar-refractivity contribution in [1.82, 2.24) is 0 Å². The van der Waals surface area contributed by atoms with Crippen molar-refractivity contribution in [2.75, 3.05) is 7.11 Å². The summed E-state index contributed by atoms with van der Waals surface area (Å²) in [4.78, 5) is 36.7. The van der Waals surface area contributed by atoms with E-state index in [0.29, 0.717) is 11.3 Å². The molecule has 1 aromatic carbocycles. The number of carbonyl (C=O) groups is 3. The largest absolute Gasteiger partial charge is 0.497 e. The molecular weight excluding hydrogens is 296 g/mol. The highest BCUT2D eigenvalue weighted by molar-refractivity contribution is 6.05. The summed E-state index contributed by atoms with van der Waals surface area (Å²) in [5, 5.41) is 10.6. The average Bonchev–Trinajstić information content (AvgIpc) is 2.44. The van der Waals surface area contributed by atoms with Gasteiger partial charge in [-0.05, 0) is 38.5 Å². The van der Waals surface area contributed by atoms with Crippen LogP contribution >= 0.6 is 0 Å². The molecule has 1 aliphatic carbocycles. The van der Waals surface area contributed by atoms with E-state index >= 15 is 0 Å². The van der Waals surface area contributed by atoms with Crippen LogP contribution in [0.25, 0.3) is 0 Å². The lowest BCUT2D eigenvalue weighted by Crippen LogP contribution is -2.53. The number of rotatable bonds is 4. The summed E-state index contributed by atoms with van der Waals surface area (Å²) in [5.74, 6) is -2.55. The van der Waals surface area contributed by atoms with E-state index < -0.39 is 23.4 Å².